The summed E-state index contributed by atoms with van der Waals surface area (Å²) in [5.74, 6) is -0.390. The first-order valence-corrected chi connectivity index (χ1v) is 5.86. The van der Waals surface area contributed by atoms with E-state index in [-0.39, 0.29) is 6.54 Å². The molecule has 0 bridgehead atoms. The third-order valence-electron chi connectivity index (χ3n) is 2.76. The van der Waals surface area contributed by atoms with Gasteiger partial charge in [0.15, 0.2) is 5.78 Å². The highest BCUT2D eigenvalue weighted by Gasteiger charge is 2.34. The SMILES string of the molecule is CC(C(=O)c1ccccc1)N(CCO)CC(F)(F)F. The number of rotatable bonds is 6. The molecule has 0 aliphatic heterocycles. The number of aliphatic hydroxyl groups excluding tert-OH is 1. The molecular weight excluding hydrogens is 259 g/mol. The molecule has 106 valence electrons. The number of ketones is 1. The molecule has 1 aromatic rings. The molecule has 6 heteroatoms. The standard InChI is InChI=1S/C13H16F3NO2/c1-10(12(19)11-5-3-2-4-6-11)17(7-8-18)9-13(14,15)16/h2-6,10,18H,7-9H2,1H3. The van der Waals surface area contributed by atoms with Gasteiger partial charge >= 0.3 is 6.18 Å². The minimum atomic E-state index is -4.40. The van der Waals surface area contributed by atoms with E-state index in [2.05, 4.69) is 0 Å². The Balaban J connectivity index is 2.81. The van der Waals surface area contributed by atoms with Gasteiger partial charge in [0, 0.05) is 12.1 Å². The second-order valence-corrected chi connectivity index (χ2v) is 4.22. The number of aliphatic hydroxyl groups is 1. The average Bonchev–Trinajstić information content (AvgIpc) is 2.36. The maximum atomic E-state index is 12.4. The van der Waals surface area contributed by atoms with E-state index in [1.54, 1.807) is 30.3 Å². The van der Waals surface area contributed by atoms with E-state index >= 15 is 0 Å². The number of carbonyl (C=O) groups excluding carboxylic acids is 1. The van der Waals surface area contributed by atoms with Gasteiger partial charge in [-0.2, -0.15) is 13.2 Å². The van der Waals surface area contributed by atoms with E-state index in [1.807, 2.05) is 0 Å². The third-order valence-corrected chi connectivity index (χ3v) is 2.76. The number of nitrogens with zero attached hydrogens (tertiary/aromatic N) is 1. The number of hydrogen-bond donors (Lipinski definition) is 1. The number of alkyl halides is 3. The Morgan fingerprint density at radius 3 is 2.37 bits per heavy atom. The number of carbonyl (C=O) groups is 1. The predicted molar refractivity (Wildman–Crippen MR) is 64.9 cm³/mol. The third kappa shape index (κ3) is 5.00. The molecule has 0 saturated carbocycles. The van der Waals surface area contributed by atoms with Crippen molar-refractivity contribution in [2.75, 3.05) is 19.7 Å². The minimum Gasteiger partial charge on any atom is -0.395 e. The maximum Gasteiger partial charge on any atom is 0.401 e. The van der Waals surface area contributed by atoms with Crippen molar-refractivity contribution in [1.29, 1.82) is 0 Å². The largest absolute Gasteiger partial charge is 0.401 e. The minimum absolute atomic E-state index is 0.195. The van der Waals surface area contributed by atoms with Gasteiger partial charge in [-0.1, -0.05) is 30.3 Å². The fourth-order valence-electron chi connectivity index (χ4n) is 1.78. The number of hydrogen-bond acceptors (Lipinski definition) is 3. The molecule has 1 unspecified atom stereocenters. The predicted octanol–water partition coefficient (Wildman–Crippen LogP) is 2.11. The molecule has 1 N–H and O–H groups in total. The zero-order chi connectivity index (χ0) is 14.5. The summed E-state index contributed by atoms with van der Waals surface area (Å²) in [6.45, 7) is -0.425. The average molecular weight is 275 g/mol. The molecule has 0 aliphatic carbocycles. The molecule has 1 atom stereocenters. The lowest BCUT2D eigenvalue weighted by Gasteiger charge is -2.28. The smallest absolute Gasteiger partial charge is 0.395 e. The Hall–Kier alpha value is -1.40. The fraction of sp³-hybridized carbons (Fsp3) is 0.462. The zero-order valence-electron chi connectivity index (χ0n) is 10.5. The van der Waals surface area contributed by atoms with Gasteiger partial charge in [0.05, 0.1) is 19.2 Å². The van der Waals surface area contributed by atoms with Crippen LogP contribution < -0.4 is 0 Å². The fourth-order valence-corrected chi connectivity index (χ4v) is 1.78. The normalized spacial score (nSPS) is 13.6. The molecule has 3 nitrogen and oxygen atoms in total. The summed E-state index contributed by atoms with van der Waals surface area (Å²) >= 11 is 0. The zero-order valence-corrected chi connectivity index (χ0v) is 10.5. The lowest BCUT2D eigenvalue weighted by molar-refractivity contribution is -0.149. The van der Waals surface area contributed by atoms with Crippen LogP contribution in [0.25, 0.3) is 0 Å². The summed E-state index contributed by atoms with van der Waals surface area (Å²) in [4.78, 5) is 13.0. The molecule has 0 saturated heterocycles. The van der Waals surface area contributed by atoms with Crippen molar-refractivity contribution < 1.29 is 23.1 Å². The van der Waals surface area contributed by atoms with E-state index < -0.39 is 31.2 Å². The first-order valence-electron chi connectivity index (χ1n) is 5.86. The summed E-state index contributed by atoms with van der Waals surface area (Å²) in [5, 5.41) is 8.81. The molecule has 0 radical (unpaired) electrons. The highest BCUT2D eigenvalue weighted by Crippen LogP contribution is 2.19. The second kappa shape index (κ2) is 6.68. The lowest BCUT2D eigenvalue weighted by Crippen LogP contribution is -2.45. The summed E-state index contributed by atoms with van der Waals surface area (Å²) in [5.41, 5.74) is 0.361. The van der Waals surface area contributed by atoms with Crippen LogP contribution in [-0.4, -0.2) is 47.7 Å². The molecule has 1 aromatic carbocycles. The number of halogens is 3. The molecule has 0 spiro atoms. The van der Waals surface area contributed by atoms with Crippen molar-refractivity contribution in [3.05, 3.63) is 35.9 Å². The van der Waals surface area contributed by atoms with Crippen LogP contribution in [0, 0.1) is 0 Å². The van der Waals surface area contributed by atoms with Gasteiger partial charge in [-0.25, -0.2) is 0 Å². The van der Waals surface area contributed by atoms with Crippen molar-refractivity contribution in [1.82, 2.24) is 4.90 Å². The first-order chi connectivity index (χ1) is 8.85. The molecule has 19 heavy (non-hydrogen) atoms. The summed E-state index contributed by atoms with van der Waals surface area (Å²) < 4.78 is 37.3. The monoisotopic (exact) mass is 275 g/mol. The van der Waals surface area contributed by atoms with Gasteiger partial charge < -0.3 is 5.11 Å². The van der Waals surface area contributed by atoms with Gasteiger partial charge in [-0.05, 0) is 6.92 Å². The Morgan fingerprint density at radius 1 is 1.32 bits per heavy atom. The second-order valence-electron chi connectivity index (χ2n) is 4.22. The highest BCUT2D eigenvalue weighted by molar-refractivity contribution is 5.99. The van der Waals surface area contributed by atoms with Crippen molar-refractivity contribution in [3.63, 3.8) is 0 Å². The molecular formula is C13H16F3NO2. The van der Waals surface area contributed by atoms with Crippen LogP contribution in [0.4, 0.5) is 13.2 Å². The molecule has 0 fully saturated rings. The number of Topliss-reactive ketones (excluding diaryl/α,β-unsaturated/α-hetero) is 1. The van der Waals surface area contributed by atoms with Gasteiger partial charge in [-0.3, -0.25) is 9.69 Å². The number of benzene rings is 1. The van der Waals surface area contributed by atoms with Crippen LogP contribution in [0.1, 0.15) is 17.3 Å². The first kappa shape index (κ1) is 15.7. The van der Waals surface area contributed by atoms with Crippen LogP contribution in [0.15, 0.2) is 30.3 Å². The highest BCUT2D eigenvalue weighted by atomic mass is 19.4. The van der Waals surface area contributed by atoms with Gasteiger partial charge in [-0.15, -0.1) is 0 Å². The van der Waals surface area contributed by atoms with E-state index in [1.165, 1.54) is 6.92 Å². The lowest BCUT2D eigenvalue weighted by atomic mass is 10.0. The van der Waals surface area contributed by atoms with Crippen molar-refractivity contribution in [3.8, 4) is 0 Å². The topological polar surface area (TPSA) is 40.5 Å². The van der Waals surface area contributed by atoms with E-state index in [0.717, 1.165) is 4.90 Å². The van der Waals surface area contributed by atoms with Crippen molar-refractivity contribution >= 4 is 5.78 Å². The Bertz CT molecular complexity index is 406. The van der Waals surface area contributed by atoms with E-state index in [4.69, 9.17) is 5.11 Å². The van der Waals surface area contributed by atoms with Crippen molar-refractivity contribution in [2.45, 2.75) is 19.1 Å². The van der Waals surface area contributed by atoms with Crippen LogP contribution >= 0.6 is 0 Å². The maximum absolute atomic E-state index is 12.4. The van der Waals surface area contributed by atoms with Crippen LogP contribution in [0.3, 0.4) is 0 Å². The van der Waals surface area contributed by atoms with Crippen molar-refractivity contribution in [2.24, 2.45) is 0 Å². The van der Waals surface area contributed by atoms with Gasteiger partial charge in [0.1, 0.15) is 0 Å². The Morgan fingerprint density at radius 2 is 1.89 bits per heavy atom. The van der Waals surface area contributed by atoms with Gasteiger partial charge in [0.2, 0.25) is 0 Å². The van der Waals surface area contributed by atoms with Crippen LogP contribution in [0.5, 0.6) is 0 Å². The molecule has 0 aliphatic rings. The molecule has 0 aromatic heterocycles. The summed E-state index contributed by atoms with van der Waals surface area (Å²) in [6.07, 6.45) is -4.40. The van der Waals surface area contributed by atoms with Gasteiger partial charge in [0.25, 0.3) is 0 Å². The summed E-state index contributed by atoms with van der Waals surface area (Å²) in [6, 6.07) is 7.21. The Labute approximate surface area is 109 Å². The van der Waals surface area contributed by atoms with E-state index in [0.29, 0.717) is 5.56 Å². The molecule has 1 rings (SSSR count). The quantitative estimate of drug-likeness (QED) is 0.808. The molecule has 0 heterocycles. The molecule has 0 amide bonds. The van der Waals surface area contributed by atoms with E-state index in [9.17, 15) is 18.0 Å². The summed E-state index contributed by atoms with van der Waals surface area (Å²) in [7, 11) is 0. The van der Waals surface area contributed by atoms with Crippen LogP contribution in [0.2, 0.25) is 0 Å². The van der Waals surface area contributed by atoms with Crippen LogP contribution in [-0.2, 0) is 0 Å². The Kier molecular flexibility index (Phi) is 5.50.